The second-order valence-electron chi connectivity index (χ2n) is 6.23. The number of nitrogens with one attached hydrogen (secondary N) is 2. The van der Waals surface area contributed by atoms with E-state index in [9.17, 15) is 8.42 Å². The molecule has 0 spiro atoms. The second kappa shape index (κ2) is 8.20. The maximum Gasteiger partial charge on any atom is 0.240 e. The molecule has 3 rings (SSSR count). The molecule has 9 heteroatoms. The van der Waals surface area contributed by atoms with E-state index in [1.54, 1.807) is 18.3 Å². The largest absolute Gasteiger partial charge is 0.370 e. The molecule has 0 bridgehead atoms. The van der Waals surface area contributed by atoms with Crippen molar-refractivity contribution in [2.45, 2.75) is 24.7 Å². The summed E-state index contributed by atoms with van der Waals surface area (Å²) in [6, 6.07) is 6.63. The van der Waals surface area contributed by atoms with Gasteiger partial charge >= 0.3 is 0 Å². The number of benzene rings is 1. The Morgan fingerprint density at radius 2 is 1.96 bits per heavy atom. The molecule has 0 saturated carbocycles. The monoisotopic (exact) mass is 395 g/mol. The minimum absolute atomic E-state index is 0.156. The van der Waals surface area contributed by atoms with Crippen LogP contribution in [0.3, 0.4) is 0 Å². The molecule has 2 aromatic rings. The van der Waals surface area contributed by atoms with Crippen molar-refractivity contribution in [1.29, 1.82) is 0 Å². The molecule has 0 aliphatic carbocycles. The molecule has 1 aromatic heterocycles. The summed E-state index contributed by atoms with van der Waals surface area (Å²) in [5.74, 6) is 0.631. The van der Waals surface area contributed by atoms with Gasteiger partial charge in [0.2, 0.25) is 10.0 Å². The number of anilines is 2. The van der Waals surface area contributed by atoms with Gasteiger partial charge in [0.25, 0.3) is 0 Å². The normalized spacial score (nSPS) is 14.6. The van der Waals surface area contributed by atoms with Gasteiger partial charge in [-0.25, -0.2) is 13.1 Å². The lowest BCUT2D eigenvalue weighted by Crippen LogP contribution is -2.29. The fourth-order valence-electron chi connectivity index (χ4n) is 2.79. The predicted octanol–water partition coefficient (Wildman–Crippen LogP) is 2.43. The maximum atomic E-state index is 12.3. The number of aromatic nitrogens is 2. The third kappa shape index (κ3) is 4.63. The van der Waals surface area contributed by atoms with Gasteiger partial charge in [-0.05, 0) is 37.5 Å². The molecule has 1 aliphatic heterocycles. The molecule has 0 atom stereocenters. The third-order valence-corrected chi connectivity index (χ3v) is 6.15. The van der Waals surface area contributed by atoms with Crippen LogP contribution in [0.5, 0.6) is 0 Å². The van der Waals surface area contributed by atoms with Gasteiger partial charge in [0.15, 0.2) is 5.82 Å². The summed E-state index contributed by atoms with van der Waals surface area (Å²) in [6.45, 7) is 4.52. The summed E-state index contributed by atoms with van der Waals surface area (Å²) in [4.78, 5) is 2.42. The van der Waals surface area contributed by atoms with Crippen LogP contribution in [0.4, 0.5) is 11.5 Å². The van der Waals surface area contributed by atoms with Crippen molar-refractivity contribution in [2.75, 3.05) is 36.4 Å². The lowest BCUT2D eigenvalue weighted by Gasteiger charge is -2.17. The Kier molecular flexibility index (Phi) is 5.95. The molecule has 140 valence electrons. The molecule has 7 nitrogen and oxygen atoms in total. The summed E-state index contributed by atoms with van der Waals surface area (Å²) in [6.07, 6.45) is 4.13. The summed E-state index contributed by atoms with van der Waals surface area (Å²) in [5, 5.41) is 11.6. The van der Waals surface area contributed by atoms with Crippen molar-refractivity contribution in [3.05, 3.63) is 41.0 Å². The van der Waals surface area contributed by atoms with E-state index in [1.165, 1.54) is 18.9 Å². The summed E-state index contributed by atoms with van der Waals surface area (Å²) < 4.78 is 27.2. The van der Waals surface area contributed by atoms with E-state index in [-0.39, 0.29) is 11.4 Å². The zero-order valence-corrected chi connectivity index (χ0v) is 16.1. The van der Waals surface area contributed by atoms with Gasteiger partial charge in [-0.1, -0.05) is 17.7 Å². The first-order chi connectivity index (χ1) is 12.5. The number of aryl methyl sites for hydroxylation is 1. The minimum atomic E-state index is -3.59. The lowest BCUT2D eigenvalue weighted by atomic mass is 10.2. The summed E-state index contributed by atoms with van der Waals surface area (Å²) >= 11 is 6.01. The molecule has 0 amide bonds. The Hall–Kier alpha value is -1.90. The number of hydrogen-bond donors (Lipinski definition) is 2. The van der Waals surface area contributed by atoms with Crippen molar-refractivity contribution in [2.24, 2.45) is 0 Å². The van der Waals surface area contributed by atoms with Crippen LogP contribution in [-0.4, -0.2) is 44.8 Å². The average Bonchev–Trinajstić information content (AvgIpc) is 3.16. The highest BCUT2D eigenvalue weighted by Gasteiger charge is 2.15. The highest BCUT2D eigenvalue weighted by Crippen LogP contribution is 2.21. The van der Waals surface area contributed by atoms with E-state index >= 15 is 0 Å². The van der Waals surface area contributed by atoms with Crippen molar-refractivity contribution >= 4 is 33.1 Å². The molecule has 2 N–H and O–H groups in total. The van der Waals surface area contributed by atoms with Gasteiger partial charge in [0.1, 0.15) is 0 Å². The second-order valence-corrected chi connectivity index (χ2v) is 8.40. The molecule has 1 fully saturated rings. The van der Waals surface area contributed by atoms with Crippen LogP contribution in [-0.2, 0) is 10.0 Å². The predicted molar refractivity (Wildman–Crippen MR) is 103 cm³/mol. The number of nitrogens with zero attached hydrogens (tertiary/aromatic N) is 3. The Morgan fingerprint density at radius 1 is 1.19 bits per heavy atom. The fourth-order valence-corrected chi connectivity index (χ4v) is 4.09. The molecular weight excluding hydrogens is 374 g/mol. The van der Waals surface area contributed by atoms with Crippen molar-refractivity contribution in [1.82, 2.24) is 14.9 Å². The van der Waals surface area contributed by atoms with Crippen LogP contribution in [0.1, 0.15) is 18.4 Å². The first kappa shape index (κ1) is 18.9. The summed E-state index contributed by atoms with van der Waals surface area (Å²) in [5.41, 5.74) is 1.87. The Balaban J connectivity index is 1.53. The zero-order valence-electron chi connectivity index (χ0n) is 14.6. The van der Waals surface area contributed by atoms with Crippen LogP contribution in [0.25, 0.3) is 0 Å². The smallest absolute Gasteiger partial charge is 0.240 e. The molecule has 1 saturated heterocycles. The Morgan fingerprint density at radius 3 is 2.69 bits per heavy atom. The van der Waals surface area contributed by atoms with Crippen molar-refractivity contribution in [3.8, 4) is 0 Å². The molecule has 2 heterocycles. The first-order valence-electron chi connectivity index (χ1n) is 8.53. The molecule has 0 radical (unpaired) electrons. The number of sulfonamides is 1. The lowest BCUT2D eigenvalue weighted by molar-refractivity contribution is 0.583. The van der Waals surface area contributed by atoms with Gasteiger partial charge in [-0.3, -0.25) is 0 Å². The maximum absolute atomic E-state index is 12.3. The zero-order chi connectivity index (χ0) is 18.6. The number of hydrogen-bond acceptors (Lipinski definition) is 6. The molecule has 0 unspecified atom stereocenters. The van der Waals surface area contributed by atoms with E-state index in [0.29, 0.717) is 17.4 Å². The van der Waals surface area contributed by atoms with Crippen LogP contribution < -0.4 is 14.9 Å². The summed E-state index contributed by atoms with van der Waals surface area (Å²) in [7, 11) is -3.59. The molecule has 1 aromatic carbocycles. The first-order valence-corrected chi connectivity index (χ1v) is 10.4. The van der Waals surface area contributed by atoms with Crippen molar-refractivity contribution < 1.29 is 8.42 Å². The Bertz CT molecular complexity index is 869. The molecule has 26 heavy (non-hydrogen) atoms. The van der Waals surface area contributed by atoms with Crippen LogP contribution in [0.2, 0.25) is 5.02 Å². The van der Waals surface area contributed by atoms with Gasteiger partial charge in [-0.2, -0.15) is 5.10 Å². The number of halogens is 1. The van der Waals surface area contributed by atoms with E-state index in [0.717, 1.165) is 24.3 Å². The number of rotatable bonds is 7. The Labute approximate surface area is 158 Å². The highest BCUT2D eigenvalue weighted by molar-refractivity contribution is 7.89. The molecule has 1 aliphatic rings. The standard InChI is InChI=1S/C17H22ClN5O2S/c1-13-4-5-15(11-16(13)18)26(24,25)21-7-6-19-17-10-14(12-20-22-17)23-8-2-3-9-23/h4-5,10-12,21H,2-3,6-9H2,1H3,(H,19,22). The van der Waals surface area contributed by atoms with Gasteiger partial charge in [-0.15, -0.1) is 5.10 Å². The van der Waals surface area contributed by atoms with E-state index in [2.05, 4.69) is 25.1 Å². The van der Waals surface area contributed by atoms with E-state index in [4.69, 9.17) is 11.6 Å². The SMILES string of the molecule is Cc1ccc(S(=O)(=O)NCCNc2cc(N3CCCC3)cnn2)cc1Cl. The molecular formula is C17H22ClN5O2S. The van der Waals surface area contributed by atoms with Crippen LogP contribution >= 0.6 is 11.6 Å². The van der Waals surface area contributed by atoms with Gasteiger partial charge < -0.3 is 10.2 Å². The topological polar surface area (TPSA) is 87.2 Å². The third-order valence-electron chi connectivity index (χ3n) is 4.29. The minimum Gasteiger partial charge on any atom is -0.370 e. The highest BCUT2D eigenvalue weighted by atomic mass is 35.5. The van der Waals surface area contributed by atoms with Gasteiger partial charge in [0, 0.05) is 37.3 Å². The van der Waals surface area contributed by atoms with Crippen LogP contribution in [0.15, 0.2) is 35.4 Å². The van der Waals surface area contributed by atoms with Crippen LogP contribution in [0, 0.1) is 6.92 Å². The quantitative estimate of drug-likeness (QED) is 0.700. The average molecular weight is 396 g/mol. The van der Waals surface area contributed by atoms with Crippen molar-refractivity contribution in [3.63, 3.8) is 0 Å². The fraction of sp³-hybridized carbons (Fsp3) is 0.412. The van der Waals surface area contributed by atoms with E-state index < -0.39 is 10.0 Å². The van der Waals surface area contributed by atoms with E-state index in [1.807, 2.05) is 13.0 Å². The van der Waals surface area contributed by atoms with Gasteiger partial charge in [0.05, 0.1) is 16.8 Å².